The molecule has 2 rings (SSSR count). The Morgan fingerprint density at radius 3 is 2.89 bits per heavy atom. The number of methoxy groups -OCH3 is 1. The van der Waals surface area contributed by atoms with Crippen LogP contribution in [0.1, 0.15) is 8.42 Å². The van der Waals surface area contributed by atoms with Gasteiger partial charge in [-0.25, -0.2) is 13.1 Å². The fraction of sp³-hybridized carbons (Fsp3) is 0.333. The van der Waals surface area contributed by atoms with Crippen LogP contribution in [-0.2, 0) is 16.4 Å². The summed E-state index contributed by atoms with van der Waals surface area (Å²) in [4.78, 5) is 3.15. The molecule has 2 N–H and O–H groups in total. The maximum Gasteiger partial charge on any atom is 0.208 e. The molecule has 0 radical (unpaired) electrons. The quantitative estimate of drug-likeness (QED) is 0.871. The molecular weight excluding hydrogens is 252 g/mol. The van der Waals surface area contributed by atoms with E-state index in [0.29, 0.717) is 13.0 Å². The van der Waals surface area contributed by atoms with Crippen molar-refractivity contribution in [2.45, 2.75) is 6.42 Å². The largest absolute Gasteiger partial charge is 0.497 e. The van der Waals surface area contributed by atoms with Gasteiger partial charge in [-0.05, 0) is 30.2 Å². The maximum atomic E-state index is 11.0. The summed E-state index contributed by atoms with van der Waals surface area (Å²) < 4.78 is 29.6. The molecule has 0 spiro atoms. The average molecular weight is 272 g/mol. The molecule has 0 amide bonds. The highest BCUT2D eigenvalue weighted by atomic mass is 32.2. The van der Waals surface area contributed by atoms with E-state index in [-0.39, 0.29) is 2.85 Å². The summed E-state index contributed by atoms with van der Waals surface area (Å²) in [5.41, 5.74) is 2.09. The minimum atomic E-state index is -3.13. The summed E-state index contributed by atoms with van der Waals surface area (Å²) in [5, 5.41) is 1.06. The predicted molar refractivity (Wildman–Crippen MR) is 75.6 cm³/mol. The number of H-pyrrole nitrogens is 1. The molecule has 1 heterocycles. The highest BCUT2D eigenvalue weighted by molar-refractivity contribution is 7.88. The maximum absolute atomic E-state index is 11.0. The van der Waals surface area contributed by atoms with Crippen molar-refractivity contribution < 1.29 is 16.0 Å². The molecule has 18 heavy (non-hydrogen) atoms. The topological polar surface area (TPSA) is 71.2 Å². The summed E-state index contributed by atoms with van der Waals surface area (Å²) in [7, 11) is -1.50. The Bertz CT molecular complexity index is 656. The van der Waals surface area contributed by atoms with Crippen molar-refractivity contribution in [2.24, 2.45) is 0 Å². The zero-order valence-corrected chi connectivity index (χ0v) is 11.2. The molecule has 102 valence electrons. The van der Waals surface area contributed by atoms with Crippen LogP contribution in [0.3, 0.4) is 0 Å². The van der Waals surface area contributed by atoms with E-state index in [1.54, 1.807) is 7.11 Å². The molecule has 0 bridgehead atoms. The molecule has 1 aromatic carbocycles. The van der Waals surface area contributed by atoms with Crippen LogP contribution in [0.4, 0.5) is 0 Å². The van der Waals surface area contributed by atoms with Crippen molar-refractivity contribution >= 4 is 20.9 Å². The molecule has 0 aliphatic carbocycles. The molecule has 1 aromatic heterocycles. The molecule has 0 aliphatic heterocycles. The van der Waals surface area contributed by atoms with Gasteiger partial charge in [0.2, 0.25) is 10.0 Å². The summed E-state index contributed by atoms with van der Waals surface area (Å²) in [6.45, 7) is 0.392. The minimum absolute atomic E-state index is 0. The third kappa shape index (κ3) is 3.02. The van der Waals surface area contributed by atoms with Crippen molar-refractivity contribution in [3.63, 3.8) is 0 Å². The number of aromatic amines is 1. The Morgan fingerprint density at radius 1 is 1.44 bits per heavy atom. The molecule has 2 aromatic rings. The summed E-state index contributed by atoms with van der Waals surface area (Å²) >= 11 is 0. The van der Waals surface area contributed by atoms with Crippen molar-refractivity contribution in [1.82, 2.24) is 9.71 Å². The van der Waals surface area contributed by atoms with Crippen molar-refractivity contribution in [3.05, 3.63) is 30.0 Å². The molecule has 6 heteroatoms. The molecule has 0 fully saturated rings. The van der Waals surface area contributed by atoms with E-state index in [2.05, 4.69) is 9.71 Å². The fourth-order valence-corrected chi connectivity index (χ4v) is 2.34. The van der Waals surface area contributed by atoms with E-state index in [1.165, 1.54) is 0 Å². The van der Waals surface area contributed by atoms with Crippen LogP contribution < -0.4 is 9.46 Å². The van der Waals surface area contributed by atoms with E-state index in [0.717, 1.165) is 28.5 Å². The van der Waals surface area contributed by atoms with Gasteiger partial charge in [-0.2, -0.15) is 0 Å². The van der Waals surface area contributed by atoms with E-state index < -0.39 is 10.0 Å². The highest BCUT2D eigenvalue weighted by Gasteiger charge is 2.06. The van der Waals surface area contributed by atoms with Gasteiger partial charge >= 0.3 is 0 Å². The second kappa shape index (κ2) is 4.99. The zero-order valence-electron chi connectivity index (χ0n) is 10.4. The molecule has 5 nitrogen and oxygen atoms in total. The molecular formula is C12H20N2O3S. The first kappa shape index (κ1) is 12.9. The normalized spacial score (nSPS) is 11.9. The Hall–Kier alpha value is -1.53. The molecule has 0 atom stereocenters. The number of fused-ring (bicyclic) bond motifs is 1. The van der Waals surface area contributed by atoms with Gasteiger partial charge in [0, 0.05) is 26.5 Å². The van der Waals surface area contributed by atoms with Crippen LogP contribution >= 0.6 is 0 Å². The number of ether oxygens (including phenoxy) is 1. The van der Waals surface area contributed by atoms with Crippen LogP contribution in [0, 0.1) is 0 Å². The van der Waals surface area contributed by atoms with E-state index in [9.17, 15) is 8.42 Å². The smallest absolute Gasteiger partial charge is 0.208 e. The second-order valence-electron chi connectivity index (χ2n) is 4.14. The first-order chi connectivity index (χ1) is 8.49. The number of hydrogen-bond acceptors (Lipinski definition) is 3. The van der Waals surface area contributed by atoms with E-state index in [1.807, 2.05) is 24.4 Å². The van der Waals surface area contributed by atoms with Crippen LogP contribution in [0.5, 0.6) is 5.75 Å². The Kier molecular flexibility index (Phi) is 3.58. The standard InChI is InChI=1S/C12H16N2O3S.2H2/c1-17-10-3-4-12-11(7-10)9(8-13-12)5-6-14-18(2,15)16;;/h3-4,7-8,13-14H,5-6H2,1-2H3;2*1H. The lowest BCUT2D eigenvalue weighted by Gasteiger charge is -2.03. The molecule has 0 saturated carbocycles. The lowest BCUT2D eigenvalue weighted by Crippen LogP contribution is -2.24. The third-order valence-corrected chi connectivity index (χ3v) is 3.46. The predicted octanol–water partition coefficient (Wildman–Crippen LogP) is 1.76. The van der Waals surface area contributed by atoms with Gasteiger partial charge in [-0.1, -0.05) is 0 Å². The monoisotopic (exact) mass is 272 g/mol. The van der Waals surface area contributed by atoms with Crippen molar-refractivity contribution in [1.29, 1.82) is 0 Å². The SMILES string of the molecule is COc1ccc2[nH]cc(CCNS(C)(=O)=O)c2c1.[HH].[HH]. The second-order valence-corrected chi connectivity index (χ2v) is 5.97. The molecule has 0 unspecified atom stereocenters. The molecule has 0 saturated heterocycles. The highest BCUT2D eigenvalue weighted by Crippen LogP contribution is 2.23. The van der Waals surface area contributed by atoms with Gasteiger partial charge in [0.1, 0.15) is 5.75 Å². The van der Waals surface area contributed by atoms with Crippen molar-refractivity contribution in [2.75, 3.05) is 19.9 Å². The number of rotatable bonds is 5. The average Bonchev–Trinajstić information content (AvgIpc) is 2.70. The van der Waals surface area contributed by atoms with Gasteiger partial charge in [-0.3, -0.25) is 0 Å². The van der Waals surface area contributed by atoms with Gasteiger partial charge in [0.05, 0.1) is 13.4 Å². The van der Waals surface area contributed by atoms with Crippen LogP contribution in [-0.4, -0.2) is 33.3 Å². The van der Waals surface area contributed by atoms with Gasteiger partial charge < -0.3 is 9.72 Å². The Balaban J connectivity index is 0.00000180. The van der Waals surface area contributed by atoms with Gasteiger partial charge in [-0.15, -0.1) is 0 Å². The van der Waals surface area contributed by atoms with Crippen LogP contribution in [0.15, 0.2) is 24.4 Å². The first-order valence-corrected chi connectivity index (χ1v) is 7.47. The number of aromatic nitrogens is 1. The van der Waals surface area contributed by atoms with Gasteiger partial charge in [0.25, 0.3) is 0 Å². The number of nitrogens with one attached hydrogen (secondary N) is 2. The van der Waals surface area contributed by atoms with Gasteiger partial charge in [0.15, 0.2) is 0 Å². The number of hydrogen-bond donors (Lipinski definition) is 2. The first-order valence-electron chi connectivity index (χ1n) is 5.58. The summed E-state index contributed by atoms with van der Waals surface area (Å²) in [5.74, 6) is 0.791. The Labute approximate surface area is 109 Å². The fourth-order valence-electron chi connectivity index (χ4n) is 1.86. The lowest BCUT2D eigenvalue weighted by atomic mass is 10.1. The summed E-state index contributed by atoms with van der Waals surface area (Å²) in [6.07, 6.45) is 3.69. The minimum Gasteiger partial charge on any atom is -0.497 e. The Morgan fingerprint density at radius 2 is 2.22 bits per heavy atom. The third-order valence-electron chi connectivity index (χ3n) is 2.73. The zero-order chi connectivity index (χ0) is 13.2. The van der Waals surface area contributed by atoms with E-state index in [4.69, 9.17) is 4.74 Å². The number of sulfonamides is 1. The number of benzene rings is 1. The van der Waals surface area contributed by atoms with Crippen LogP contribution in [0.2, 0.25) is 0 Å². The van der Waals surface area contributed by atoms with Crippen molar-refractivity contribution in [3.8, 4) is 5.75 Å². The molecule has 0 aliphatic rings. The summed E-state index contributed by atoms with van der Waals surface area (Å²) in [6, 6.07) is 5.78. The van der Waals surface area contributed by atoms with Crippen LogP contribution in [0.25, 0.3) is 10.9 Å². The lowest BCUT2D eigenvalue weighted by molar-refractivity contribution is 0.415. The van der Waals surface area contributed by atoms with E-state index >= 15 is 0 Å².